The van der Waals surface area contributed by atoms with Gasteiger partial charge in [0, 0.05) is 0 Å². The predicted molar refractivity (Wildman–Crippen MR) is 562 cm³/mol. The second-order valence-corrected chi connectivity index (χ2v) is 39.6. The maximum atomic E-state index is 12.8. The van der Waals surface area contributed by atoms with Crippen molar-refractivity contribution in [1.29, 1.82) is 0 Å². The Balaban J connectivity index is -0.000000121. The second-order valence-electron chi connectivity index (χ2n) is 39.6. The van der Waals surface area contributed by atoms with Crippen LogP contribution in [-0.2, 0) is 99.9 Å². The summed E-state index contributed by atoms with van der Waals surface area (Å²) in [6, 6.07) is 0. The molecule has 0 N–H and O–H groups in total. The Bertz CT molecular complexity index is 3080. The van der Waals surface area contributed by atoms with E-state index in [-0.39, 0.29) is 203 Å². The lowest BCUT2D eigenvalue weighted by Gasteiger charge is -2.39. The summed E-state index contributed by atoms with van der Waals surface area (Å²) in [7, 11) is 0. The highest BCUT2D eigenvalue weighted by Gasteiger charge is 2.63. The molecule has 0 aromatic heterocycles. The van der Waals surface area contributed by atoms with Crippen molar-refractivity contribution in [2.75, 3.05) is 54.0 Å². The van der Waals surface area contributed by atoms with Gasteiger partial charge in [0.2, 0.25) is 0 Å². The SMILES string of the molecule is C.C.C.C.C.C.C.C.C.C.C.C.C.C.CCC(C)(C(=O)OCOC1CCCC1)C(F)(F)F.CCC(C)(C(=O)OCOC1CCCCC1)C(F)(F)F.CCC(C)(C(=O)OCOC1CCCCCC1)C(F)(F)F.CCC(C)(C)C(=O)OC(C)OC1CC2CCC1(C)C2(C)C.CCC(C)(C)C(=O)OCOCC1CCCC1.CCC(C)(C)C(=O)OCOCC1CCCCC1.CCC(C)C(=O)OCOC1CCCCCC1. The van der Waals surface area contributed by atoms with E-state index in [4.69, 9.17) is 52.1 Å². The molecule has 0 amide bonds. The molecule has 0 aliphatic heterocycles. The first kappa shape index (κ1) is 164. The number of hydrogen-bond acceptors (Lipinski definition) is 21. The van der Waals surface area contributed by atoms with Crippen molar-refractivity contribution >= 4 is 41.8 Å². The first-order valence-corrected chi connectivity index (χ1v) is 48.0. The Morgan fingerprint density at radius 3 is 0.794 bits per heavy atom. The highest BCUT2D eigenvalue weighted by Crippen LogP contribution is 2.66. The third-order valence-electron chi connectivity index (χ3n) is 28.9. The molecular weight excluding hydrogens is 1840 g/mol. The fraction of sp³-hybridized carbons (Fsp3) is 0.937. The highest BCUT2D eigenvalue weighted by atomic mass is 19.4. The summed E-state index contributed by atoms with van der Waals surface area (Å²) in [5, 5.41) is 0. The van der Waals surface area contributed by atoms with Crippen molar-refractivity contribution in [3.8, 4) is 0 Å². The molecule has 8 saturated carbocycles. The first-order valence-electron chi connectivity index (χ1n) is 48.0. The number of ether oxygens (including phenoxy) is 14. The van der Waals surface area contributed by atoms with E-state index in [1.54, 1.807) is 0 Å². The van der Waals surface area contributed by atoms with Crippen LogP contribution in [0.3, 0.4) is 0 Å². The number of esters is 7. The molecule has 8 fully saturated rings. The van der Waals surface area contributed by atoms with Gasteiger partial charge in [0.25, 0.3) is 0 Å². The van der Waals surface area contributed by atoms with E-state index in [0.29, 0.717) is 23.4 Å². The zero-order valence-corrected chi connectivity index (χ0v) is 81.7. The van der Waals surface area contributed by atoms with Crippen molar-refractivity contribution in [3.63, 3.8) is 0 Å². The van der Waals surface area contributed by atoms with Crippen molar-refractivity contribution < 1.29 is 139 Å². The van der Waals surface area contributed by atoms with Crippen LogP contribution in [0, 0.1) is 67.0 Å². The van der Waals surface area contributed by atoms with E-state index in [9.17, 15) is 73.1 Å². The Kier molecular flexibility index (Phi) is 93.6. The lowest BCUT2D eigenvalue weighted by Crippen LogP contribution is -2.43. The summed E-state index contributed by atoms with van der Waals surface area (Å²) in [6.07, 6.45) is 26.0. The number of rotatable bonds is 37. The minimum Gasteiger partial charge on any atom is -0.438 e. The number of hydrogen-bond donors (Lipinski definition) is 0. The summed E-state index contributed by atoms with van der Waals surface area (Å²) in [5.41, 5.74) is -8.06. The molecule has 0 aromatic rings. The minimum atomic E-state index is -4.61. The Morgan fingerprint density at radius 2 is 0.553 bits per heavy atom. The first-order chi connectivity index (χ1) is 59.3. The Morgan fingerprint density at radius 1 is 0.312 bits per heavy atom. The molecule has 0 aromatic carbocycles. The van der Waals surface area contributed by atoms with E-state index >= 15 is 0 Å². The Hall–Kier alpha value is -4.62. The molecule has 30 heteroatoms. The third kappa shape index (κ3) is 56.0. The van der Waals surface area contributed by atoms with Gasteiger partial charge in [-0.05, 0) is 239 Å². The van der Waals surface area contributed by atoms with Crippen molar-refractivity contribution in [2.45, 2.75) is 562 Å². The van der Waals surface area contributed by atoms with E-state index in [1.165, 1.54) is 117 Å². The molecular formula is C111H225F9O21. The van der Waals surface area contributed by atoms with Crippen molar-refractivity contribution in [2.24, 2.45) is 67.0 Å². The molecule has 0 spiro atoms. The maximum absolute atomic E-state index is 12.8. The molecule has 2 bridgehead atoms. The average molecular weight is 2070 g/mol. The number of carbonyl (C=O) groups is 7. The molecule has 0 saturated heterocycles. The number of halogens is 9. The summed E-state index contributed by atoms with van der Waals surface area (Å²) >= 11 is 0. The number of alkyl halides is 9. The number of carbonyl (C=O) groups excluding carboxylic acids is 7. The molecule has 8 aliphatic carbocycles. The van der Waals surface area contributed by atoms with Crippen LogP contribution in [0.4, 0.5) is 39.5 Å². The van der Waals surface area contributed by atoms with Gasteiger partial charge in [0.05, 0.1) is 65.9 Å². The summed E-state index contributed by atoms with van der Waals surface area (Å²) in [5.74, 6) is -2.36. The van der Waals surface area contributed by atoms with Gasteiger partial charge in [-0.25, -0.2) is 0 Å². The third-order valence-corrected chi connectivity index (χ3v) is 28.9. The lowest BCUT2D eigenvalue weighted by molar-refractivity contribution is -0.238. The fourth-order valence-corrected chi connectivity index (χ4v) is 15.9. The van der Waals surface area contributed by atoms with Crippen molar-refractivity contribution in [1.82, 2.24) is 0 Å². The van der Waals surface area contributed by atoms with Gasteiger partial charge < -0.3 is 66.3 Å². The highest BCUT2D eigenvalue weighted by molar-refractivity contribution is 5.79. The molecule has 21 nitrogen and oxygen atoms in total. The largest absolute Gasteiger partial charge is 0.438 e. The molecule has 8 aliphatic rings. The van der Waals surface area contributed by atoms with E-state index in [0.717, 1.165) is 181 Å². The molecule has 8 atom stereocenters. The van der Waals surface area contributed by atoms with Gasteiger partial charge in [0.15, 0.2) is 63.3 Å². The molecule has 8 unspecified atom stereocenters. The summed E-state index contributed by atoms with van der Waals surface area (Å²) in [6.45, 7) is 37.4. The molecule has 858 valence electrons. The van der Waals surface area contributed by atoms with E-state index in [1.807, 2.05) is 83.1 Å². The fourth-order valence-electron chi connectivity index (χ4n) is 15.9. The van der Waals surface area contributed by atoms with Gasteiger partial charge in [0.1, 0.15) is 0 Å². The predicted octanol–water partition coefficient (Wildman–Crippen LogP) is 34.8. The van der Waals surface area contributed by atoms with Crippen molar-refractivity contribution in [3.05, 3.63) is 0 Å². The second kappa shape index (κ2) is 80.4. The molecule has 0 heterocycles. The molecule has 8 rings (SSSR count). The van der Waals surface area contributed by atoms with Gasteiger partial charge in [-0.15, -0.1) is 0 Å². The van der Waals surface area contributed by atoms with Crippen LogP contribution in [0.15, 0.2) is 0 Å². The standard InChI is InChI=1S/C18H32O3.C14H23F3O3.C14H26O3.C13H21F3O3.2C13H24O3.C12H19F3O3.14CH4/c1-8-16(3,4)15(19)21-12(2)20-14-11-13-9-10-18(14,7)17(13,5)6;1-3-13(2,14(15,16)17)12(18)20-10-19-11-8-6-4-5-7-9-11;1-4-14(2,3)13(15)17-11-16-10-12-8-6-5-7-9-12;1-3-12(2,13(14,15)16)11(17)19-9-18-10-7-5-4-6-8-10;1-4-13(2,3)12(14)16-10-15-9-11-7-5-6-8-11;1-3-11(2)13(14)16-10-15-12-8-6-4-5-7-9-12;1-3-11(2,12(13,14)15)10(16)18-8-17-9-6-4-5-7-9;;;;;;;;;;;;;;/h12-14H,8-11H2,1-7H3;11H,3-10H2,1-2H3;12H,4-11H2,1-3H3;10H,3-9H2,1-2H3;11H,4-10H2,1-3H3;11-12H,3-10H2,1-2H3;9H,3-8H2,1-2H3;14*1H4. The van der Waals surface area contributed by atoms with Crippen LogP contribution in [0.5, 0.6) is 0 Å². The van der Waals surface area contributed by atoms with E-state index < -0.39 is 95.6 Å². The monoisotopic (exact) mass is 2070 g/mol. The normalized spacial score (nSPS) is 20.2. The molecule has 141 heavy (non-hydrogen) atoms. The number of fused-ring (bicyclic) bond motifs is 2. The summed E-state index contributed by atoms with van der Waals surface area (Å²) < 4.78 is 188. The minimum absolute atomic E-state index is 0. The van der Waals surface area contributed by atoms with Gasteiger partial charge in [-0.2, -0.15) is 39.5 Å². The quantitative estimate of drug-likeness (QED) is 0.0140. The maximum Gasteiger partial charge on any atom is 0.404 e. The topological polar surface area (TPSA) is 249 Å². The smallest absolute Gasteiger partial charge is 0.404 e. The Labute approximate surface area is 859 Å². The van der Waals surface area contributed by atoms with E-state index in [2.05, 4.69) is 35.0 Å². The zero-order valence-electron chi connectivity index (χ0n) is 81.7. The summed E-state index contributed by atoms with van der Waals surface area (Å²) in [4.78, 5) is 81.4. The van der Waals surface area contributed by atoms with Crippen LogP contribution < -0.4 is 0 Å². The van der Waals surface area contributed by atoms with Gasteiger partial charge >= 0.3 is 60.3 Å². The zero-order chi connectivity index (χ0) is 96.2. The van der Waals surface area contributed by atoms with Crippen LogP contribution in [0.25, 0.3) is 0 Å². The van der Waals surface area contributed by atoms with Gasteiger partial charge in [-0.3, -0.25) is 33.6 Å². The van der Waals surface area contributed by atoms with Crippen LogP contribution in [0.1, 0.15) is 506 Å². The van der Waals surface area contributed by atoms with Crippen LogP contribution in [-0.4, -0.2) is 151 Å². The van der Waals surface area contributed by atoms with Gasteiger partial charge in [-0.1, -0.05) is 296 Å². The average Bonchev–Trinajstić information content (AvgIpc) is 1.56. The molecule has 0 radical (unpaired) electrons. The van der Waals surface area contributed by atoms with Crippen LogP contribution in [0.2, 0.25) is 0 Å². The lowest BCUT2D eigenvalue weighted by atomic mass is 9.70. The van der Waals surface area contributed by atoms with Crippen LogP contribution >= 0.6 is 0 Å².